The van der Waals surface area contributed by atoms with Crippen molar-refractivity contribution in [2.75, 3.05) is 50.6 Å². The number of piperidine rings is 1. The predicted octanol–water partition coefficient (Wildman–Crippen LogP) is 5.59. The topological polar surface area (TPSA) is 62.8 Å². The second-order valence-electron chi connectivity index (χ2n) is 9.99. The van der Waals surface area contributed by atoms with Crippen LogP contribution in [-0.4, -0.2) is 61.3 Å². The van der Waals surface area contributed by atoms with Crippen molar-refractivity contribution in [1.82, 2.24) is 14.9 Å². The predicted molar refractivity (Wildman–Crippen MR) is 141 cm³/mol. The molecule has 0 radical (unpaired) electrons. The molecule has 0 amide bonds. The number of hydrogen-bond donors (Lipinski definition) is 1. The monoisotopic (exact) mass is 509 g/mol. The number of likely N-dealkylation sites (tertiary alicyclic amines) is 1. The van der Waals surface area contributed by atoms with Crippen molar-refractivity contribution in [2.45, 2.75) is 38.6 Å². The van der Waals surface area contributed by atoms with E-state index < -0.39 is 5.82 Å². The van der Waals surface area contributed by atoms with Crippen LogP contribution in [-0.2, 0) is 0 Å². The molecule has 7 nitrogen and oxygen atoms in total. The second-order valence-corrected chi connectivity index (χ2v) is 9.99. The van der Waals surface area contributed by atoms with E-state index in [2.05, 4.69) is 46.0 Å². The van der Waals surface area contributed by atoms with Gasteiger partial charge < -0.3 is 24.6 Å². The summed E-state index contributed by atoms with van der Waals surface area (Å²) in [6, 6.07) is 8.61. The van der Waals surface area contributed by atoms with E-state index in [1.54, 1.807) is 0 Å². The molecule has 2 aromatic carbocycles. The maximum Gasteiger partial charge on any atom is 0.227 e. The SMILES string of the molecule is COc1cnc(Nc2ccc(C3CCN(C)CC3)c(F)c2)nc1-c1cc(F)c2c(c1)N(C(C)C)CCO2. The standard InChI is InChI=1S/C28H33F2N5O2/c1-17(2)35-11-12-37-27-23(30)13-19(14-24(27)35)26-25(36-4)16-31-28(33-26)32-20-5-6-21(22(29)15-20)18-7-9-34(3)10-8-18/h5-6,13-18H,7-12H2,1-4H3,(H,31,32,33). The quantitative estimate of drug-likeness (QED) is 0.465. The number of nitrogens with zero attached hydrogens (tertiary/aromatic N) is 4. The largest absolute Gasteiger partial charge is 0.493 e. The lowest BCUT2D eigenvalue weighted by molar-refractivity contribution is 0.253. The van der Waals surface area contributed by atoms with Gasteiger partial charge in [0.15, 0.2) is 17.3 Å². The lowest BCUT2D eigenvalue weighted by Crippen LogP contribution is -2.38. The van der Waals surface area contributed by atoms with Crippen molar-refractivity contribution in [3.8, 4) is 22.8 Å². The number of methoxy groups -OCH3 is 1. The fraction of sp³-hybridized carbons (Fsp3) is 0.429. The summed E-state index contributed by atoms with van der Waals surface area (Å²) >= 11 is 0. The number of fused-ring (bicyclic) bond motifs is 1. The van der Waals surface area contributed by atoms with E-state index in [1.807, 2.05) is 18.2 Å². The van der Waals surface area contributed by atoms with Gasteiger partial charge in [-0.2, -0.15) is 0 Å². The van der Waals surface area contributed by atoms with Crippen molar-refractivity contribution in [1.29, 1.82) is 0 Å². The molecule has 0 aliphatic carbocycles. The van der Waals surface area contributed by atoms with E-state index in [1.165, 1.54) is 25.4 Å². The highest BCUT2D eigenvalue weighted by molar-refractivity contribution is 5.75. The average molecular weight is 510 g/mol. The second kappa shape index (κ2) is 10.5. The van der Waals surface area contributed by atoms with Crippen molar-refractivity contribution >= 4 is 17.3 Å². The van der Waals surface area contributed by atoms with E-state index in [0.717, 1.165) is 31.5 Å². The highest BCUT2D eigenvalue weighted by Crippen LogP contribution is 2.41. The van der Waals surface area contributed by atoms with E-state index in [4.69, 9.17) is 9.47 Å². The number of nitrogens with one attached hydrogen (secondary N) is 1. The van der Waals surface area contributed by atoms with Crippen LogP contribution in [0, 0.1) is 11.6 Å². The Morgan fingerprint density at radius 3 is 2.57 bits per heavy atom. The first-order chi connectivity index (χ1) is 17.8. The van der Waals surface area contributed by atoms with Crippen LogP contribution in [0.15, 0.2) is 36.5 Å². The van der Waals surface area contributed by atoms with Gasteiger partial charge in [0, 0.05) is 17.3 Å². The van der Waals surface area contributed by atoms with Gasteiger partial charge in [-0.25, -0.2) is 18.7 Å². The first-order valence-electron chi connectivity index (χ1n) is 12.7. The van der Waals surface area contributed by atoms with Crippen LogP contribution in [0.3, 0.4) is 0 Å². The number of hydrogen-bond acceptors (Lipinski definition) is 7. The number of halogens is 2. The summed E-state index contributed by atoms with van der Waals surface area (Å²) in [4.78, 5) is 13.3. The maximum atomic E-state index is 15.1. The van der Waals surface area contributed by atoms with Crippen LogP contribution >= 0.6 is 0 Å². The Morgan fingerprint density at radius 1 is 1.08 bits per heavy atom. The van der Waals surface area contributed by atoms with Gasteiger partial charge in [0.2, 0.25) is 5.95 Å². The summed E-state index contributed by atoms with van der Waals surface area (Å²) < 4.78 is 41.2. The Bertz CT molecular complexity index is 1280. The van der Waals surface area contributed by atoms with Gasteiger partial charge in [0.25, 0.3) is 0 Å². The molecule has 3 aromatic rings. The molecule has 2 aliphatic rings. The zero-order valence-corrected chi connectivity index (χ0v) is 21.7. The average Bonchev–Trinajstić information content (AvgIpc) is 2.89. The maximum absolute atomic E-state index is 15.1. The lowest BCUT2D eigenvalue weighted by Gasteiger charge is -2.34. The zero-order chi connectivity index (χ0) is 26.1. The molecule has 0 spiro atoms. The number of ether oxygens (including phenoxy) is 2. The fourth-order valence-electron chi connectivity index (χ4n) is 5.15. The first kappa shape index (κ1) is 25.2. The molecule has 1 fully saturated rings. The number of benzene rings is 2. The number of anilines is 3. The summed E-state index contributed by atoms with van der Waals surface area (Å²) in [7, 11) is 3.61. The smallest absolute Gasteiger partial charge is 0.227 e. The molecule has 0 bridgehead atoms. The third-order valence-electron chi connectivity index (χ3n) is 7.20. The minimum atomic E-state index is -0.459. The van der Waals surface area contributed by atoms with Gasteiger partial charge in [-0.3, -0.25) is 0 Å². The summed E-state index contributed by atoms with van der Waals surface area (Å²) in [5, 5.41) is 3.09. The molecule has 1 aromatic heterocycles. The number of rotatable bonds is 6. The summed E-state index contributed by atoms with van der Waals surface area (Å²) in [5.74, 6) is 0.440. The van der Waals surface area contributed by atoms with E-state index in [-0.39, 0.29) is 29.5 Å². The van der Waals surface area contributed by atoms with E-state index >= 15 is 8.78 Å². The van der Waals surface area contributed by atoms with Gasteiger partial charge >= 0.3 is 0 Å². The lowest BCUT2D eigenvalue weighted by atomic mass is 9.89. The van der Waals surface area contributed by atoms with Gasteiger partial charge in [0.05, 0.1) is 25.5 Å². The van der Waals surface area contributed by atoms with E-state index in [0.29, 0.717) is 41.5 Å². The van der Waals surface area contributed by atoms with Crippen molar-refractivity contribution in [2.24, 2.45) is 0 Å². The molecule has 1 N–H and O–H groups in total. The molecule has 5 rings (SSSR count). The van der Waals surface area contributed by atoms with E-state index in [9.17, 15) is 0 Å². The van der Waals surface area contributed by atoms with Crippen LogP contribution in [0.25, 0.3) is 11.3 Å². The molecule has 9 heteroatoms. The number of aromatic nitrogens is 2. The van der Waals surface area contributed by atoms with Crippen LogP contribution in [0.5, 0.6) is 11.5 Å². The highest BCUT2D eigenvalue weighted by Gasteiger charge is 2.26. The van der Waals surface area contributed by atoms with Gasteiger partial charge in [0.1, 0.15) is 18.1 Å². The first-order valence-corrected chi connectivity index (χ1v) is 12.7. The molecule has 1 saturated heterocycles. The van der Waals surface area contributed by atoms with Crippen LogP contribution in [0.2, 0.25) is 0 Å². The van der Waals surface area contributed by atoms with Crippen molar-refractivity contribution in [3.05, 3.63) is 53.7 Å². The zero-order valence-electron chi connectivity index (χ0n) is 21.7. The van der Waals surface area contributed by atoms with Crippen LogP contribution in [0.1, 0.15) is 38.2 Å². The van der Waals surface area contributed by atoms with Crippen molar-refractivity contribution in [3.63, 3.8) is 0 Å². The Morgan fingerprint density at radius 2 is 1.86 bits per heavy atom. The Labute approximate surface area is 216 Å². The summed E-state index contributed by atoms with van der Waals surface area (Å²) in [6.07, 6.45) is 3.42. The Kier molecular flexibility index (Phi) is 7.15. The van der Waals surface area contributed by atoms with Crippen LogP contribution < -0.4 is 19.7 Å². The highest BCUT2D eigenvalue weighted by atomic mass is 19.1. The molecule has 0 saturated carbocycles. The normalized spacial score (nSPS) is 16.5. The molecule has 3 heterocycles. The van der Waals surface area contributed by atoms with Gasteiger partial charge in [-0.1, -0.05) is 6.07 Å². The molecular weight excluding hydrogens is 476 g/mol. The summed E-state index contributed by atoms with van der Waals surface area (Å²) in [5.41, 5.74) is 2.94. The van der Waals surface area contributed by atoms with Gasteiger partial charge in [-0.15, -0.1) is 0 Å². The molecular formula is C28H33F2N5O2. The summed E-state index contributed by atoms with van der Waals surface area (Å²) in [6.45, 7) is 7.15. The van der Waals surface area contributed by atoms with Crippen LogP contribution in [0.4, 0.5) is 26.1 Å². The third kappa shape index (κ3) is 5.18. The third-order valence-corrected chi connectivity index (χ3v) is 7.20. The molecule has 2 aliphatic heterocycles. The molecule has 0 unspecified atom stereocenters. The molecule has 37 heavy (non-hydrogen) atoms. The minimum Gasteiger partial charge on any atom is -0.493 e. The van der Waals surface area contributed by atoms with Crippen molar-refractivity contribution < 1.29 is 18.3 Å². The van der Waals surface area contributed by atoms with Gasteiger partial charge in [-0.05, 0) is 82.6 Å². The Hall–Kier alpha value is -3.46. The molecule has 196 valence electrons. The minimum absolute atomic E-state index is 0.175. The fourth-order valence-corrected chi connectivity index (χ4v) is 5.15. The molecule has 0 atom stereocenters. The Balaban J connectivity index is 1.44.